The summed E-state index contributed by atoms with van der Waals surface area (Å²) < 4.78 is 10.5. The first kappa shape index (κ1) is 19.7. The molecule has 3 rings (SSSR count). The lowest BCUT2D eigenvalue weighted by Crippen LogP contribution is -2.15. The molecule has 2 aromatic rings. The Labute approximate surface area is 165 Å². The van der Waals surface area contributed by atoms with Crippen LogP contribution in [0.2, 0.25) is 0 Å². The van der Waals surface area contributed by atoms with Crippen LogP contribution >= 0.6 is 0 Å². The summed E-state index contributed by atoms with van der Waals surface area (Å²) in [4.78, 5) is 20.9. The summed E-state index contributed by atoms with van der Waals surface area (Å²) in [5.41, 5.74) is 2.29. The van der Waals surface area contributed by atoms with Crippen LogP contribution in [0.1, 0.15) is 42.6 Å². The predicted molar refractivity (Wildman–Crippen MR) is 109 cm³/mol. The van der Waals surface area contributed by atoms with E-state index in [1.807, 2.05) is 0 Å². The van der Waals surface area contributed by atoms with Crippen molar-refractivity contribution in [1.82, 2.24) is 9.97 Å². The van der Waals surface area contributed by atoms with Crippen LogP contribution in [-0.2, 0) is 0 Å². The molecule has 0 radical (unpaired) electrons. The van der Waals surface area contributed by atoms with Gasteiger partial charge in [-0.25, -0.2) is 9.97 Å². The lowest BCUT2D eigenvalue weighted by atomic mass is 9.97. The molecule has 7 nitrogen and oxygen atoms in total. The van der Waals surface area contributed by atoms with Gasteiger partial charge in [0, 0.05) is 18.7 Å². The number of hydrogen-bond donors (Lipinski definition) is 2. The number of amides is 1. The molecule has 0 fully saturated rings. The molecule has 0 bridgehead atoms. The van der Waals surface area contributed by atoms with Gasteiger partial charge in [0.05, 0.1) is 19.9 Å². The molecular weight excluding hydrogens is 356 g/mol. The van der Waals surface area contributed by atoms with Gasteiger partial charge < -0.3 is 20.1 Å². The van der Waals surface area contributed by atoms with E-state index in [1.165, 1.54) is 37.6 Å². The summed E-state index contributed by atoms with van der Waals surface area (Å²) in [5.74, 6) is 1.46. The zero-order valence-corrected chi connectivity index (χ0v) is 16.3. The number of anilines is 2. The van der Waals surface area contributed by atoms with Crippen LogP contribution in [0, 0.1) is 0 Å². The highest BCUT2D eigenvalue weighted by molar-refractivity contribution is 6.04. The molecule has 1 aliphatic rings. The number of rotatable bonds is 8. The molecule has 1 aromatic carbocycles. The van der Waals surface area contributed by atoms with Crippen molar-refractivity contribution in [3.63, 3.8) is 0 Å². The minimum Gasteiger partial charge on any atom is -0.497 e. The average Bonchev–Trinajstić information content (AvgIpc) is 2.74. The van der Waals surface area contributed by atoms with Crippen molar-refractivity contribution < 1.29 is 14.3 Å². The fraction of sp³-hybridized carbons (Fsp3) is 0.381. The summed E-state index contributed by atoms with van der Waals surface area (Å²) in [6.07, 6.45) is 9.65. The molecule has 1 aromatic heterocycles. The first-order valence-electron chi connectivity index (χ1n) is 9.47. The van der Waals surface area contributed by atoms with Crippen LogP contribution in [0.25, 0.3) is 0 Å². The monoisotopic (exact) mass is 382 g/mol. The summed E-state index contributed by atoms with van der Waals surface area (Å²) in [6, 6.07) is 6.86. The summed E-state index contributed by atoms with van der Waals surface area (Å²) >= 11 is 0. The molecule has 7 heteroatoms. The highest BCUT2D eigenvalue weighted by atomic mass is 16.5. The second-order valence-corrected chi connectivity index (χ2v) is 6.59. The van der Waals surface area contributed by atoms with Gasteiger partial charge in [-0.15, -0.1) is 0 Å². The van der Waals surface area contributed by atoms with Crippen molar-refractivity contribution in [3.8, 4) is 11.5 Å². The fourth-order valence-corrected chi connectivity index (χ4v) is 3.16. The third-order valence-electron chi connectivity index (χ3n) is 4.69. The van der Waals surface area contributed by atoms with E-state index in [4.69, 9.17) is 9.47 Å². The lowest BCUT2D eigenvalue weighted by Gasteiger charge is -2.13. The van der Waals surface area contributed by atoms with Crippen LogP contribution in [0.15, 0.2) is 42.2 Å². The number of hydrogen-bond acceptors (Lipinski definition) is 6. The van der Waals surface area contributed by atoms with Crippen molar-refractivity contribution in [1.29, 1.82) is 0 Å². The van der Waals surface area contributed by atoms with Crippen LogP contribution in [0.5, 0.6) is 11.5 Å². The van der Waals surface area contributed by atoms with Crippen LogP contribution in [0.3, 0.4) is 0 Å². The van der Waals surface area contributed by atoms with Gasteiger partial charge in [0.1, 0.15) is 29.3 Å². The van der Waals surface area contributed by atoms with Gasteiger partial charge in [-0.3, -0.25) is 4.79 Å². The van der Waals surface area contributed by atoms with E-state index >= 15 is 0 Å². The van der Waals surface area contributed by atoms with Crippen molar-refractivity contribution in [3.05, 3.63) is 47.9 Å². The first-order chi connectivity index (χ1) is 13.7. The SMILES string of the molecule is COc1ccc(OC)c(NC(=O)c2cc(NCCC3=CCCCC3)ncn2)c1. The van der Waals surface area contributed by atoms with Crippen molar-refractivity contribution in [2.75, 3.05) is 31.4 Å². The Morgan fingerprint density at radius 3 is 2.79 bits per heavy atom. The smallest absolute Gasteiger partial charge is 0.274 e. The highest BCUT2D eigenvalue weighted by Crippen LogP contribution is 2.29. The molecule has 28 heavy (non-hydrogen) atoms. The van der Waals surface area contributed by atoms with Crippen molar-refractivity contribution in [2.45, 2.75) is 32.1 Å². The number of nitrogens with one attached hydrogen (secondary N) is 2. The lowest BCUT2D eigenvalue weighted by molar-refractivity contribution is 0.102. The zero-order valence-electron chi connectivity index (χ0n) is 16.3. The van der Waals surface area contributed by atoms with E-state index < -0.39 is 0 Å². The van der Waals surface area contributed by atoms with Crippen LogP contribution in [-0.4, -0.2) is 36.6 Å². The second kappa shape index (κ2) is 9.73. The second-order valence-electron chi connectivity index (χ2n) is 6.59. The Bertz CT molecular complexity index is 851. The van der Waals surface area contributed by atoms with Crippen LogP contribution < -0.4 is 20.1 Å². The van der Waals surface area contributed by atoms with Gasteiger partial charge >= 0.3 is 0 Å². The van der Waals surface area contributed by atoms with Gasteiger partial charge in [0.2, 0.25) is 0 Å². The molecule has 0 atom stereocenters. The van der Waals surface area contributed by atoms with Gasteiger partial charge in [0.15, 0.2) is 0 Å². The fourth-order valence-electron chi connectivity index (χ4n) is 3.16. The summed E-state index contributed by atoms with van der Waals surface area (Å²) in [7, 11) is 3.12. The van der Waals surface area contributed by atoms with E-state index in [9.17, 15) is 4.79 Å². The molecule has 1 heterocycles. The minimum absolute atomic E-state index is 0.277. The molecule has 148 valence electrons. The number of allylic oxidation sites excluding steroid dienone is 1. The standard InChI is InChI=1S/C21H26N4O3/c1-27-16-8-9-19(28-2)17(12-16)25-21(26)18-13-20(24-14-23-18)22-11-10-15-6-4-3-5-7-15/h6,8-9,12-14H,3-5,7,10-11H2,1-2H3,(H,25,26)(H,22,23,24). The van der Waals surface area contributed by atoms with Crippen molar-refractivity contribution in [2.24, 2.45) is 0 Å². The minimum atomic E-state index is -0.341. The first-order valence-corrected chi connectivity index (χ1v) is 9.47. The Hall–Kier alpha value is -3.09. The third kappa shape index (κ3) is 5.22. The van der Waals surface area contributed by atoms with E-state index in [-0.39, 0.29) is 11.6 Å². The molecule has 2 N–H and O–H groups in total. The van der Waals surface area contributed by atoms with E-state index in [0.29, 0.717) is 23.0 Å². The van der Waals surface area contributed by atoms with Gasteiger partial charge in [-0.05, 0) is 44.2 Å². The van der Waals surface area contributed by atoms with Crippen molar-refractivity contribution >= 4 is 17.4 Å². The number of methoxy groups -OCH3 is 2. The largest absolute Gasteiger partial charge is 0.497 e. The molecule has 0 saturated carbocycles. The molecule has 0 saturated heterocycles. The number of aromatic nitrogens is 2. The summed E-state index contributed by atoms with van der Waals surface area (Å²) in [6.45, 7) is 0.785. The van der Waals surface area contributed by atoms with Crippen LogP contribution in [0.4, 0.5) is 11.5 Å². The average molecular weight is 382 g/mol. The Balaban J connectivity index is 1.63. The predicted octanol–water partition coefficient (Wildman–Crippen LogP) is 4.05. The maximum atomic E-state index is 12.6. The Kier molecular flexibility index (Phi) is 6.84. The molecule has 1 amide bonds. The van der Waals surface area contributed by atoms with E-state index in [0.717, 1.165) is 13.0 Å². The number of benzene rings is 1. The van der Waals surface area contributed by atoms with Gasteiger partial charge in [0.25, 0.3) is 5.91 Å². The quantitative estimate of drug-likeness (QED) is 0.670. The Morgan fingerprint density at radius 1 is 1.14 bits per heavy atom. The maximum Gasteiger partial charge on any atom is 0.274 e. The highest BCUT2D eigenvalue weighted by Gasteiger charge is 2.13. The molecule has 0 spiro atoms. The topological polar surface area (TPSA) is 85.4 Å². The molecule has 0 aliphatic heterocycles. The number of ether oxygens (including phenoxy) is 2. The zero-order chi connectivity index (χ0) is 19.8. The van der Waals surface area contributed by atoms with E-state index in [1.54, 1.807) is 38.5 Å². The molecule has 1 aliphatic carbocycles. The summed E-state index contributed by atoms with van der Waals surface area (Å²) in [5, 5.41) is 6.09. The number of carbonyl (C=O) groups excluding carboxylic acids is 1. The number of carbonyl (C=O) groups is 1. The normalized spacial score (nSPS) is 13.4. The number of nitrogens with zero attached hydrogens (tertiary/aromatic N) is 2. The van der Waals surface area contributed by atoms with E-state index in [2.05, 4.69) is 26.7 Å². The van der Waals surface area contributed by atoms with Gasteiger partial charge in [-0.2, -0.15) is 0 Å². The third-order valence-corrected chi connectivity index (χ3v) is 4.69. The molecule has 0 unspecified atom stereocenters. The van der Waals surface area contributed by atoms with Gasteiger partial charge in [-0.1, -0.05) is 11.6 Å². The maximum absolute atomic E-state index is 12.6. The molecular formula is C21H26N4O3. The Morgan fingerprint density at radius 2 is 2.04 bits per heavy atom.